The Kier molecular flexibility index (Phi) is 5.96. The summed E-state index contributed by atoms with van der Waals surface area (Å²) in [7, 11) is 0. The highest BCUT2D eigenvalue weighted by Crippen LogP contribution is 2.22. The number of hydrogen-bond acceptors (Lipinski definition) is 3. The highest BCUT2D eigenvalue weighted by molar-refractivity contribution is 6.50. The van der Waals surface area contributed by atoms with Crippen molar-refractivity contribution in [2.75, 3.05) is 6.61 Å². The number of rotatable bonds is 6. The predicted octanol–water partition coefficient (Wildman–Crippen LogP) is 5.49. The maximum absolute atomic E-state index is 12.2. The fourth-order valence-corrected chi connectivity index (χ4v) is 2.82. The van der Waals surface area contributed by atoms with Crippen molar-refractivity contribution in [2.45, 2.75) is 19.8 Å². The molecule has 134 valence electrons. The number of hydrogen-bond donors (Lipinski definition) is 1. The molecule has 0 aliphatic rings. The Morgan fingerprint density at radius 2 is 2.00 bits per heavy atom. The molecule has 0 aliphatic carbocycles. The summed E-state index contributed by atoms with van der Waals surface area (Å²) >= 11 is 12.3. The second kappa shape index (κ2) is 8.39. The highest BCUT2D eigenvalue weighted by Gasteiger charge is 2.07. The molecule has 1 aromatic heterocycles. The van der Waals surface area contributed by atoms with Crippen LogP contribution in [0.4, 0.5) is 0 Å². The number of ether oxygens (including phenoxy) is 1. The SMILES string of the molecule is CCCCOc1ccc(/C=C(\Cl)c2nc3cc(Cl)ccc3c(=O)[nH]2)cc1. The normalized spacial score (nSPS) is 11.7. The van der Waals surface area contributed by atoms with E-state index in [1.165, 1.54) is 0 Å². The predicted molar refractivity (Wildman–Crippen MR) is 108 cm³/mol. The van der Waals surface area contributed by atoms with Crippen LogP contribution in [0.25, 0.3) is 22.0 Å². The summed E-state index contributed by atoms with van der Waals surface area (Å²) in [5, 5.41) is 1.32. The Morgan fingerprint density at radius 3 is 2.73 bits per heavy atom. The molecule has 0 bridgehead atoms. The Hall–Kier alpha value is -2.30. The first-order chi connectivity index (χ1) is 12.6. The summed E-state index contributed by atoms with van der Waals surface area (Å²) < 4.78 is 5.64. The van der Waals surface area contributed by atoms with E-state index >= 15 is 0 Å². The minimum atomic E-state index is -0.257. The molecule has 3 rings (SSSR count). The third-order valence-corrected chi connectivity index (χ3v) is 4.36. The Labute approximate surface area is 161 Å². The number of fused-ring (bicyclic) bond motifs is 1. The largest absolute Gasteiger partial charge is 0.494 e. The second-order valence-electron chi connectivity index (χ2n) is 5.84. The average molecular weight is 389 g/mol. The Balaban J connectivity index is 1.85. The van der Waals surface area contributed by atoms with E-state index < -0.39 is 0 Å². The first kappa shape index (κ1) is 18.5. The molecule has 4 nitrogen and oxygen atoms in total. The number of nitrogens with one attached hydrogen (secondary N) is 1. The third-order valence-electron chi connectivity index (χ3n) is 3.83. The molecule has 0 spiro atoms. The molecule has 2 aromatic carbocycles. The summed E-state index contributed by atoms with van der Waals surface area (Å²) in [6.45, 7) is 2.83. The van der Waals surface area contributed by atoms with Gasteiger partial charge in [-0.15, -0.1) is 0 Å². The molecule has 0 atom stereocenters. The zero-order valence-electron chi connectivity index (χ0n) is 14.3. The van der Waals surface area contributed by atoms with Gasteiger partial charge in [-0.3, -0.25) is 4.79 Å². The van der Waals surface area contributed by atoms with Gasteiger partial charge in [0.15, 0.2) is 5.82 Å². The lowest BCUT2D eigenvalue weighted by molar-refractivity contribution is 0.309. The van der Waals surface area contributed by atoms with Gasteiger partial charge in [0.05, 0.1) is 22.5 Å². The summed E-state index contributed by atoms with van der Waals surface area (Å²) in [5.41, 5.74) is 1.13. The molecule has 1 N–H and O–H groups in total. The van der Waals surface area contributed by atoms with Crippen molar-refractivity contribution in [3.63, 3.8) is 0 Å². The van der Waals surface area contributed by atoms with Crippen LogP contribution in [0.5, 0.6) is 5.75 Å². The number of halogens is 2. The molecule has 1 heterocycles. The van der Waals surface area contributed by atoms with Crippen molar-refractivity contribution in [3.05, 3.63) is 69.2 Å². The fourth-order valence-electron chi connectivity index (χ4n) is 2.44. The van der Waals surface area contributed by atoms with Crippen LogP contribution in [-0.4, -0.2) is 16.6 Å². The number of H-pyrrole nitrogens is 1. The third kappa shape index (κ3) is 4.45. The lowest BCUT2D eigenvalue weighted by Gasteiger charge is -2.06. The van der Waals surface area contributed by atoms with Crippen LogP contribution < -0.4 is 10.3 Å². The van der Waals surface area contributed by atoms with Gasteiger partial charge in [-0.05, 0) is 48.4 Å². The maximum Gasteiger partial charge on any atom is 0.259 e. The molecule has 0 aliphatic heterocycles. The Morgan fingerprint density at radius 1 is 1.23 bits per heavy atom. The van der Waals surface area contributed by atoms with Crippen molar-refractivity contribution < 1.29 is 4.74 Å². The van der Waals surface area contributed by atoms with Crippen molar-refractivity contribution in [2.24, 2.45) is 0 Å². The number of unbranched alkanes of at least 4 members (excludes halogenated alkanes) is 1. The van der Waals surface area contributed by atoms with Crippen LogP contribution in [0.3, 0.4) is 0 Å². The van der Waals surface area contributed by atoms with Crippen molar-refractivity contribution in [1.29, 1.82) is 0 Å². The molecule has 3 aromatic rings. The summed E-state index contributed by atoms with van der Waals surface area (Å²) in [6.07, 6.45) is 3.86. The molecule has 26 heavy (non-hydrogen) atoms. The minimum absolute atomic E-state index is 0.257. The first-order valence-electron chi connectivity index (χ1n) is 8.37. The van der Waals surface area contributed by atoms with Crippen LogP contribution in [0.15, 0.2) is 47.3 Å². The van der Waals surface area contributed by atoms with E-state index in [9.17, 15) is 4.79 Å². The smallest absolute Gasteiger partial charge is 0.259 e. The van der Waals surface area contributed by atoms with Gasteiger partial charge in [0.2, 0.25) is 0 Å². The second-order valence-corrected chi connectivity index (χ2v) is 6.68. The number of aromatic amines is 1. The lowest BCUT2D eigenvalue weighted by atomic mass is 10.2. The van der Waals surface area contributed by atoms with E-state index in [0.717, 1.165) is 24.2 Å². The minimum Gasteiger partial charge on any atom is -0.494 e. The number of benzene rings is 2. The van der Waals surface area contributed by atoms with Gasteiger partial charge in [-0.1, -0.05) is 48.7 Å². The summed E-state index contributed by atoms with van der Waals surface area (Å²) in [6, 6.07) is 12.5. The van der Waals surface area contributed by atoms with E-state index in [1.54, 1.807) is 24.3 Å². The van der Waals surface area contributed by atoms with Gasteiger partial charge in [0.25, 0.3) is 5.56 Å². The van der Waals surface area contributed by atoms with Crippen LogP contribution in [0.2, 0.25) is 5.02 Å². The molecular formula is C20H18Cl2N2O2. The maximum atomic E-state index is 12.2. The first-order valence-corrected chi connectivity index (χ1v) is 9.12. The lowest BCUT2D eigenvalue weighted by Crippen LogP contribution is -2.10. The fraction of sp³-hybridized carbons (Fsp3) is 0.200. The van der Waals surface area contributed by atoms with Crippen LogP contribution in [-0.2, 0) is 0 Å². The van der Waals surface area contributed by atoms with E-state index in [-0.39, 0.29) is 5.56 Å². The molecule has 0 amide bonds. The monoisotopic (exact) mass is 388 g/mol. The zero-order chi connectivity index (χ0) is 18.5. The molecule has 0 saturated heterocycles. The molecule has 6 heteroatoms. The van der Waals surface area contributed by atoms with Gasteiger partial charge >= 0.3 is 0 Å². The molecule has 0 saturated carbocycles. The molecule has 0 fully saturated rings. The highest BCUT2D eigenvalue weighted by atomic mass is 35.5. The molecular weight excluding hydrogens is 371 g/mol. The summed E-state index contributed by atoms with van der Waals surface area (Å²) in [4.78, 5) is 19.3. The zero-order valence-corrected chi connectivity index (χ0v) is 15.8. The van der Waals surface area contributed by atoms with E-state index in [4.69, 9.17) is 27.9 Å². The van der Waals surface area contributed by atoms with Gasteiger partial charge in [0.1, 0.15) is 5.75 Å². The van der Waals surface area contributed by atoms with Gasteiger partial charge in [-0.2, -0.15) is 0 Å². The topological polar surface area (TPSA) is 55.0 Å². The van der Waals surface area contributed by atoms with Gasteiger partial charge in [0, 0.05) is 5.02 Å². The molecule has 0 unspecified atom stereocenters. The number of nitrogens with zero attached hydrogens (tertiary/aromatic N) is 1. The summed E-state index contributed by atoms with van der Waals surface area (Å²) in [5.74, 6) is 1.12. The van der Waals surface area contributed by atoms with E-state index in [2.05, 4.69) is 16.9 Å². The van der Waals surface area contributed by atoms with E-state index in [0.29, 0.717) is 33.4 Å². The average Bonchev–Trinajstić information content (AvgIpc) is 2.63. The Bertz CT molecular complexity index is 995. The standard InChI is InChI=1S/C20H18Cl2N2O2/c1-2-3-10-26-15-7-4-13(5-8-15)11-17(22)19-23-18-12-14(21)6-9-16(18)20(25)24-19/h4-9,11-12H,2-3,10H2,1H3,(H,23,24,25)/b17-11-. The van der Waals surface area contributed by atoms with Gasteiger partial charge < -0.3 is 9.72 Å². The van der Waals surface area contributed by atoms with Crippen molar-refractivity contribution >= 4 is 45.2 Å². The quantitative estimate of drug-likeness (QED) is 0.567. The number of aromatic nitrogens is 2. The van der Waals surface area contributed by atoms with Crippen molar-refractivity contribution in [3.8, 4) is 5.75 Å². The van der Waals surface area contributed by atoms with Gasteiger partial charge in [-0.25, -0.2) is 4.98 Å². The van der Waals surface area contributed by atoms with Crippen LogP contribution in [0.1, 0.15) is 31.2 Å². The molecule has 0 radical (unpaired) electrons. The van der Waals surface area contributed by atoms with Crippen molar-refractivity contribution in [1.82, 2.24) is 9.97 Å². The van der Waals surface area contributed by atoms with Crippen LogP contribution in [0, 0.1) is 0 Å². The van der Waals surface area contributed by atoms with E-state index in [1.807, 2.05) is 24.3 Å². The van der Waals surface area contributed by atoms with Crippen LogP contribution >= 0.6 is 23.2 Å².